The first-order valence-corrected chi connectivity index (χ1v) is 8.68. The maximum Gasteiger partial charge on any atom is 0.410 e. The first-order chi connectivity index (χ1) is 12.1. The minimum absolute atomic E-state index is 0.209. The molecule has 2 fully saturated rings. The van der Waals surface area contributed by atoms with Gasteiger partial charge >= 0.3 is 6.09 Å². The van der Waals surface area contributed by atoms with Crippen molar-refractivity contribution in [3.63, 3.8) is 0 Å². The molecule has 1 amide bonds. The molecule has 0 aliphatic carbocycles. The maximum atomic E-state index is 11.7. The predicted molar refractivity (Wildman–Crippen MR) is 90.7 cm³/mol. The highest BCUT2D eigenvalue weighted by molar-refractivity contribution is 5.70. The molecule has 2 saturated heterocycles. The molecule has 0 N–H and O–H groups in total. The van der Waals surface area contributed by atoms with Crippen LogP contribution in [0.2, 0.25) is 0 Å². The van der Waals surface area contributed by atoms with Crippen LogP contribution in [-0.2, 0) is 11.3 Å². The summed E-state index contributed by atoms with van der Waals surface area (Å²) in [7, 11) is 1.80. The molecule has 2 aromatic rings. The van der Waals surface area contributed by atoms with Gasteiger partial charge < -0.3 is 14.2 Å². The van der Waals surface area contributed by atoms with E-state index < -0.39 is 0 Å². The minimum atomic E-state index is -0.326. The highest BCUT2D eigenvalue weighted by Crippen LogP contribution is 2.32. The number of likely N-dealkylation sites (N-methyl/N-ethyl adjacent to an activating group) is 1. The summed E-state index contributed by atoms with van der Waals surface area (Å²) < 4.78 is 11.0. The zero-order valence-electron chi connectivity index (χ0n) is 14.4. The normalized spacial score (nSPS) is 24.5. The number of amides is 1. The van der Waals surface area contributed by atoms with E-state index in [1.54, 1.807) is 11.9 Å². The van der Waals surface area contributed by atoms with Crippen molar-refractivity contribution in [1.82, 2.24) is 19.9 Å². The summed E-state index contributed by atoms with van der Waals surface area (Å²) in [4.78, 5) is 20.2. The Bertz CT molecular complexity index is 748. The van der Waals surface area contributed by atoms with Crippen molar-refractivity contribution < 1.29 is 14.1 Å². The number of hydrogen-bond donors (Lipinski definition) is 0. The van der Waals surface area contributed by atoms with Crippen LogP contribution in [0, 0.1) is 0 Å². The van der Waals surface area contributed by atoms with Gasteiger partial charge in [0.25, 0.3) is 5.89 Å². The van der Waals surface area contributed by atoms with Gasteiger partial charge in [-0.2, -0.15) is 4.98 Å². The van der Waals surface area contributed by atoms with Crippen molar-refractivity contribution >= 4 is 6.09 Å². The molecule has 1 aromatic carbocycles. The average Bonchev–Trinajstić information content (AvgIpc) is 3.12. The number of ether oxygens (including phenoxy) is 1. The Morgan fingerprint density at radius 2 is 2.04 bits per heavy atom. The maximum absolute atomic E-state index is 11.7. The average molecular weight is 342 g/mol. The Balaban J connectivity index is 1.39. The lowest BCUT2D eigenvalue weighted by Gasteiger charge is -2.25. The van der Waals surface area contributed by atoms with E-state index in [1.165, 1.54) is 0 Å². The van der Waals surface area contributed by atoms with Crippen LogP contribution in [-0.4, -0.2) is 58.3 Å². The van der Waals surface area contributed by atoms with Gasteiger partial charge in [-0.25, -0.2) is 4.79 Å². The van der Waals surface area contributed by atoms with Crippen LogP contribution in [0.5, 0.6) is 0 Å². The lowest BCUT2D eigenvalue weighted by atomic mass is 9.95. The van der Waals surface area contributed by atoms with Crippen LogP contribution < -0.4 is 0 Å². The van der Waals surface area contributed by atoms with Crippen molar-refractivity contribution in [2.45, 2.75) is 31.4 Å². The number of carbonyl (C=O) groups is 1. The molecule has 7 nitrogen and oxygen atoms in total. The highest BCUT2D eigenvalue weighted by Gasteiger charge is 2.44. The van der Waals surface area contributed by atoms with Gasteiger partial charge in [-0.15, -0.1) is 0 Å². The number of carbonyl (C=O) groups excluding carboxylic acids is 1. The molecule has 2 aliphatic rings. The molecule has 0 saturated carbocycles. The van der Waals surface area contributed by atoms with Gasteiger partial charge in [0.2, 0.25) is 0 Å². The summed E-state index contributed by atoms with van der Waals surface area (Å²) in [5, 5.41) is 4.11. The molecule has 4 rings (SSSR count). The molecule has 25 heavy (non-hydrogen) atoms. The van der Waals surface area contributed by atoms with Crippen LogP contribution in [0.4, 0.5) is 4.79 Å². The van der Waals surface area contributed by atoms with Crippen LogP contribution in [0.1, 0.15) is 25.1 Å². The Morgan fingerprint density at radius 3 is 2.80 bits per heavy atom. The monoisotopic (exact) mass is 342 g/mol. The third kappa shape index (κ3) is 3.37. The molecule has 2 aliphatic heterocycles. The molecular weight excluding hydrogens is 320 g/mol. The zero-order chi connectivity index (χ0) is 17.3. The van der Waals surface area contributed by atoms with Gasteiger partial charge in [-0.1, -0.05) is 23.4 Å². The number of aromatic nitrogens is 2. The molecule has 0 radical (unpaired) electrons. The standard InChI is InChI=1S/C18H22N4O3/c1-21-13-18(24-17(21)23)8-5-10-22(11-9-18)12-15-19-16(25-20-15)14-6-3-2-4-7-14/h2-4,6-7H,5,8-13H2,1H3/t18-/m1/s1. The van der Waals surface area contributed by atoms with Crippen LogP contribution in [0.3, 0.4) is 0 Å². The summed E-state index contributed by atoms with van der Waals surface area (Å²) in [6, 6.07) is 9.78. The van der Waals surface area contributed by atoms with Gasteiger partial charge in [-0.05, 0) is 31.5 Å². The summed E-state index contributed by atoms with van der Waals surface area (Å²) in [6.07, 6.45) is 2.53. The fraction of sp³-hybridized carbons (Fsp3) is 0.500. The second-order valence-electron chi connectivity index (χ2n) is 6.92. The second kappa shape index (κ2) is 6.48. The van der Waals surface area contributed by atoms with E-state index in [2.05, 4.69) is 15.0 Å². The third-order valence-electron chi connectivity index (χ3n) is 4.99. The van der Waals surface area contributed by atoms with E-state index in [0.717, 1.165) is 37.9 Å². The van der Waals surface area contributed by atoms with Crippen molar-refractivity contribution in [3.8, 4) is 11.5 Å². The second-order valence-corrected chi connectivity index (χ2v) is 6.92. The van der Waals surface area contributed by atoms with E-state index in [1.807, 2.05) is 30.3 Å². The summed E-state index contributed by atoms with van der Waals surface area (Å²) >= 11 is 0. The minimum Gasteiger partial charge on any atom is -0.441 e. The van der Waals surface area contributed by atoms with Gasteiger partial charge in [0, 0.05) is 25.6 Å². The quantitative estimate of drug-likeness (QED) is 0.854. The predicted octanol–water partition coefficient (Wildman–Crippen LogP) is 2.54. The molecule has 1 aromatic heterocycles. The van der Waals surface area contributed by atoms with Crippen molar-refractivity contribution in [1.29, 1.82) is 0 Å². The SMILES string of the molecule is CN1C[C@]2(CCCN(Cc3noc(-c4ccccc4)n3)CC2)OC1=O. The van der Waals surface area contributed by atoms with E-state index in [0.29, 0.717) is 24.8 Å². The van der Waals surface area contributed by atoms with E-state index >= 15 is 0 Å². The molecule has 7 heteroatoms. The fourth-order valence-electron chi connectivity index (χ4n) is 3.65. The first kappa shape index (κ1) is 16.1. The molecule has 1 atom stereocenters. The van der Waals surface area contributed by atoms with Crippen molar-refractivity contribution in [2.24, 2.45) is 0 Å². The number of benzene rings is 1. The number of rotatable bonds is 3. The molecule has 0 bridgehead atoms. The molecule has 0 unspecified atom stereocenters. The largest absolute Gasteiger partial charge is 0.441 e. The topological polar surface area (TPSA) is 71.7 Å². The zero-order valence-corrected chi connectivity index (χ0v) is 14.4. The van der Waals surface area contributed by atoms with Crippen molar-refractivity contribution in [3.05, 3.63) is 36.2 Å². The molecular formula is C18H22N4O3. The summed E-state index contributed by atoms with van der Waals surface area (Å²) in [6.45, 7) is 3.13. The third-order valence-corrected chi connectivity index (χ3v) is 4.99. The van der Waals surface area contributed by atoms with Crippen LogP contribution in [0.25, 0.3) is 11.5 Å². The number of nitrogens with zero attached hydrogens (tertiary/aromatic N) is 4. The van der Waals surface area contributed by atoms with Crippen LogP contribution in [0.15, 0.2) is 34.9 Å². The summed E-state index contributed by atoms with van der Waals surface area (Å²) in [5.41, 5.74) is 0.601. The van der Waals surface area contributed by atoms with Gasteiger partial charge in [0.15, 0.2) is 5.82 Å². The number of likely N-dealkylation sites (tertiary alicyclic amines) is 1. The molecule has 1 spiro atoms. The van der Waals surface area contributed by atoms with Crippen molar-refractivity contribution in [2.75, 3.05) is 26.7 Å². The van der Waals surface area contributed by atoms with Gasteiger partial charge in [0.05, 0.1) is 13.1 Å². The lowest BCUT2D eigenvalue weighted by molar-refractivity contribution is 0.0442. The highest BCUT2D eigenvalue weighted by atomic mass is 16.6. The Hall–Kier alpha value is -2.41. The van der Waals surface area contributed by atoms with Gasteiger partial charge in [-0.3, -0.25) is 4.90 Å². The Kier molecular flexibility index (Phi) is 4.17. The Morgan fingerprint density at radius 1 is 1.20 bits per heavy atom. The van der Waals surface area contributed by atoms with E-state index in [9.17, 15) is 4.79 Å². The number of hydrogen-bond acceptors (Lipinski definition) is 6. The Labute approximate surface area is 146 Å². The fourth-order valence-corrected chi connectivity index (χ4v) is 3.65. The molecule has 132 valence electrons. The smallest absolute Gasteiger partial charge is 0.410 e. The van der Waals surface area contributed by atoms with E-state index in [-0.39, 0.29) is 11.7 Å². The molecule has 3 heterocycles. The summed E-state index contributed by atoms with van der Waals surface area (Å²) in [5.74, 6) is 1.24. The lowest BCUT2D eigenvalue weighted by Crippen LogP contribution is -2.35. The van der Waals surface area contributed by atoms with E-state index in [4.69, 9.17) is 9.26 Å². The van der Waals surface area contributed by atoms with Crippen LogP contribution >= 0.6 is 0 Å². The first-order valence-electron chi connectivity index (χ1n) is 8.68. The van der Waals surface area contributed by atoms with Gasteiger partial charge in [0.1, 0.15) is 5.60 Å².